The fourth-order valence-corrected chi connectivity index (χ4v) is 2.34. The van der Waals surface area contributed by atoms with Crippen LogP contribution in [0.4, 0.5) is 4.79 Å². The van der Waals surface area contributed by atoms with Crippen LogP contribution in [-0.2, 0) is 4.74 Å². The van der Waals surface area contributed by atoms with E-state index in [2.05, 4.69) is 10.4 Å². The molecule has 7 nitrogen and oxygen atoms in total. The number of piperazine rings is 1. The van der Waals surface area contributed by atoms with E-state index in [1.165, 1.54) is 0 Å². The van der Waals surface area contributed by atoms with E-state index in [4.69, 9.17) is 9.47 Å². The molecule has 0 unspecified atom stereocenters. The van der Waals surface area contributed by atoms with Crippen LogP contribution in [0.3, 0.4) is 0 Å². The summed E-state index contributed by atoms with van der Waals surface area (Å²) < 4.78 is 12.6. The summed E-state index contributed by atoms with van der Waals surface area (Å²) in [5.41, 5.74) is 0.965. The molecule has 1 fully saturated rings. The monoisotopic (exact) mass is 316 g/mol. The lowest BCUT2D eigenvalue weighted by Gasteiger charge is -2.26. The Morgan fingerprint density at radius 1 is 1.17 bits per heavy atom. The average molecular weight is 316 g/mol. The van der Waals surface area contributed by atoms with Gasteiger partial charge in [0.25, 0.3) is 0 Å². The molecule has 0 atom stereocenters. The highest BCUT2D eigenvalue weighted by molar-refractivity contribution is 5.67. The Hall–Kier alpha value is -2.54. The molecule has 0 spiro atoms. The number of nitrogens with one attached hydrogen (secondary N) is 1. The number of hydrogen-bond donors (Lipinski definition) is 1. The molecule has 2 heterocycles. The van der Waals surface area contributed by atoms with E-state index < -0.39 is 0 Å². The Morgan fingerprint density at radius 3 is 2.65 bits per heavy atom. The lowest BCUT2D eigenvalue weighted by atomic mass is 10.3. The average Bonchev–Trinajstić information content (AvgIpc) is 3.14. The van der Waals surface area contributed by atoms with Gasteiger partial charge in [-0.05, 0) is 30.3 Å². The van der Waals surface area contributed by atoms with Gasteiger partial charge in [0.15, 0.2) is 0 Å². The largest absolute Gasteiger partial charge is 0.490 e. The molecule has 0 aliphatic carbocycles. The summed E-state index contributed by atoms with van der Waals surface area (Å²) in [5.74, 6) is 0.735. The van der Waals surface area contributed by atoms with E-state index in [1.807, 2.05) is 36.5 Å². The molecule has 122 valence electrons. The molecule has 0 saturated carbocycles. The van der Waals surface area contributed by atoms with Gasteiger partial charge >= 0.3 is 6.09 Å². The van der Waals surface area contributed by atoms with Gasteiger partial charge in [-0.25, -0.2) is 9.48 Å². The highest BCUT2D eigenvalue weighted by atomic mass is 16.6. The first-order valence-corrected chi connectivity index (χ1v) is 7.68. The Morgan fingerprint density at radius 2 is 1.96 bits per heavy atom. The van der Waals surface area contributed by atoms with Gasteiger partial charge < -0.3 is 19.7 Å². The Balaban J connectivity index is 1.39. The molecule has 0 radical (unpaired) electrons. The second kappa shape index (κ2) is 7.64. The number of carbonyl (C=O) groups excluding carboxylic acids is 1. The highest BCUT2D eigenvalue weighted by Crippen LogP contribution is 2.14. The van der Waals surface area contributed by atoms with E-state index in [1.54, 1.807) is 15.8 Å². The van der Waals surface area contributed by atoms with Crippen LogP contribution in [-0.4, -0.2) is 60.2 Å². The van der Waals surface area contributed by atoms with Crippen LogP contribution in [0.1, 0.15) is 0 Å². The van der Waals surface area contributed by atoms with Gasteiger partial charge in [-0.2, -0.15) is 5.10 Å². The second-order valence-electron chi connectivity index (χ2n) is 5.14. The molecule has 0 bridgehead atoms. The summed E-state index contributed by atoms with van der Waals surface area (Å²) in [6.07, 6.45) is 3.34. The third-order valence-corrected chi connectivity index (χ3v) is 3.56. The van der Waals surface area contributed by atoms with E-state index in [9.17, 15) is 4.79 Å². The quantitative estimate of drug-likeness (QED) is 0.842. The van der Waals surface area contributed by atoms with Crippen molar-refractivity contribution in [2.75, 3.05) is 39.4 Å². The van der Waals surface area contributed by atoms with Gasteiger partial charge in [0.05, 0.1) is 5.69 Å². The molecule has 1 N–H and O–H groups in total. The fraction of sp³-hybridized carbons (Fsp3) is 0.375. The molecule has 1 aliphatic heterocycles. The van der Waals surface area contributed by atoms with Gasteiger partial charge in [-0.3, -0.25) is 0 Å². The van der Waals surface area contributed by atoms with Gasteiger partial charge in [0.1, 0.15) is 19.0 Å². The molecule has 2 aromatic rings. The number of amides is 1. The van der Waals surface area contributed by atoms with Crippen molar-refractivity contribution < 1.29 is 14.3 Å². The maximum atomic E-state index is 11.8. The minimum atomic E-state index is -0.274. The Labute approximate surface area is 134 Å². The van der Waals surface area contributed by atoms with Crippen molar-refractivity contribution >= 4 is 6.09 Å². The number of aromatic nitrogens is 2. The lowest BCUT2D eigenvalue weighted by Crippen LogP contribution is -2.46. The van der Waals surface area contributed by atoms with Crippen LogP contribution >= 0.6 is 0 Å². The standard InChI is InChI=1S/C16H20N4O3/c21-16(19-10-7-17-8-11-19)23-13-12-22-15-4-2-14(3-5-15)20-9-1-6-18-20/h1-6,9,17H,7-8,10-13H2. The summed E-state index contributed by atoms with van der Waals surface area (Å²) in [6.45, 7) is 3.58. The van der Waals surface area contributed by atoms with Crippen LogP contribution < -0.4 is 10.1 Å². The van der Waals surface area contributed by atoms with Crippen molar-refractivity contribution in [3.63, 3.8) is 0 Å². The summed E-state index contributed by atoms with van der Waals surface area (Å²) in [4.78, 5) is 13.5. The molecule has 7 heteroatoms. The van der Waals surface area contributed by atoms with Crippen molar-refractivity contribution in [2.45, 2.75) is 0 Å². The zero-order valence-electron chi connectivity index (χ0n) is 12.9. The van der Waals surface area contributed by atoms with Crippen molar-refractivity contribution in [2.24, 2.45) is 0 Å². The number of ether oxygens (including phenoxy) is 2. The lowest BCUT2D eigenvalue weighted by molar-refractivity contribution is 0.0844. The minimum absolute atomic E-state index is 0.240. The minimum Gasteiger partial charge on any atom is -0.490 e. The zero-order valence-corrected chi connectivity index (χ0v) is 12.9. The number of rotatable bonds is 5. The molecule has 1 aromatic heterocycles. The maximum absolute atomic E-state index is 11.8. The molecule has 1 amide bonds. The van der Waals surface area contributed by atoms with Gasteiger partial charge in [0.2, 0.25) is 0 Å². The highest BCUT2D eigenvalue weighted by Gasteiger charge is 2.16. The van der Waals surface area contributed by atoms with Crippen molar-refractivity contribution in [3.05, 3.63) is 42.7 Å². The number of hydrogen-bond acceptors (Lipinski definition) is 5. The van der Waals surface area contributed by atoms with Crippen molar-refractivity contribution in [1.82, 2.24) is 20.0 Å². The first kappa shape index (κ1) is 15.4. The molecular formula is C16H20N4O3. The number of carbonyl (C=O) groups is 1. The van der Waals surface area contributed by atoms with Crippen LogP contribution in [0.15, 0.2) is 42.7 Å². The second-order valence-corrected chi connectivity index (χ2v) is 5.14. The topological polar surface area (TPSA) is 68.6 Å². The maximum Gasteiger partial charge on any atom is 0.409 e. The molecule has 1 saturated heterocycles. The third kappa shape index (κ3) is 4.23. The summed E-state index contributed by atoms with van der Waals surface area (Å²) in [6, 6.07) is 9.46. The zero-order chi connectivity index (χ0) is 15.9. The summed E-state index contributed by atoms with van der Waals surface area (Å²) in [7, 11) is 0. The Kier molecular flexibility index (Phi) is 5.10. The first-order chi connectivity index (χ1) is 11.3. The van der Waals surface area contributed by atoms with Gasteiger partial charge in [0, 0.05) is 38.6 Å². The summed E-state index contributed by atoms with van der Waals surface area (Å²) in [5, 5.41) is 7.36. The van der Waals surface area contributed by atoms with E-state index >= 15 is 0 Å². The third-order valence-electron chi connectivity index (χ3n) is 3.56. The number of benzene rings is 1. The Bertz CT molecular complexity index is 607. The normalized spacial score (nSPS) is 14.5. The van der Waals surface area contributed by atoms with Crippen LogP contribution in [0.5, 0.6) is 5.75 Å². The molecule has 23 heavy (non-hydrogen) atoms. The summed E-state index contributed by atoms with van der Waals surface area (Å²) >= 11 is 0. The van der Waals surface area contributed by atoms with E-state index in [0.29, 0.717) is 19.7 Å². The van der Waals surface area contributed by atoms with Crippen LogP contribution in [0.2, 0.25) is 0 Å². The number of nitrogens with zero attached hydrogens (tertiary/aromatic N) is 3. The van der Waals surface area contributed by atoms with Gasteiger partial charge in [-0.1, -0.05) is 0 Å². The smallest absolute Gasteiger partial charge is 0.409 e. The SMILES string of the molecule is O=C(OCCOc1ccc(-n2cccn2)cc1)N1CCNCC1. The van der Waals surface area contributed by atoms with Crippen LogP contribution in [0.25, 0.3) is 5.69 Å². The first-order valence-electron chi connectivity index (χ1n) is 7.68. The van der Waals surface area contributed by atoms with E-state index in [0.717, 1.165) is 24.5 Å². The molecular weight excluding hydrogens is 296 g/mol. The van der Waals surface area contributed by atoms with Crippen molar-refractivity contribution in [3.8, 4) is 11.4 Å². The molecule has 1 aromatic carbocycles. The predicted octanol–water partition coefficient (Wildman–Crippen LogP) is 1.29. The molecule has 3 rings (SSSR count). The molecule has 1 aliphatic rings. The fourth-order valence-electron chi connectivity index (χ4n) is 2.34. The predicted molar refractivity (Wildman–Crippen MR) is 84.8 cm³/mol. The van der Waals surface area contributed by atoms with Crippen LogP contribution in [0, 0.1) is 0 Å². The van der Waals surface area contributed by atoms with E-state index in [-0.39, 0.29) is 12.7 Å². The van der Waals surface area contributed by atoms with Crippen molar-refractivity contribution in [1.29, 1.82) is 0 Å². The van der Waals surface area contributed by atoms with Gasteiger partial charge in [-0.15, -0.1) is 0 Å².